The van der Waals surface area contributed by atoms with Crippen LogP contribution in [0.15, 0.2) is 51.4 Å². The highest BCUT2D eigenvalue weighted by Crippen LogP contribution is 2.30. The zero-order valence-corrected chi connectivity index (χ0v) is 16.8. The number of aromatic nitrogens is 4. The Hall–Kier alpha value is -2.58. The third-order valence-electron chi connectivity index (χ3n) is 4.15. The molecular weight excluding hydrogens is 380 g/mol. The van der Waals surface area contributed by atoms with Crippen molar-refractivity contribution in [2.24, 2.45) is 7.05 Å². The first-order valence-electron chi connectivity index (χ1n) is 8.32. The molecule has 4 rings (SSSR count). The number of methoxy groups -OCH3 is 1. The number of hydrogen-bond donors (Lipinski definition) is 0. The summed E-state index contributed by atoms with van der Waals surface area (Å²) in [5.74, 6) is 3.82. The maximum atomic E-state index is 5.81. The Morgan fingerprint density at radius 2 is 2.00 bits per heavy atom. The number of nitrogens with zero attached hydrogens (tertiary/aromatic N) is 4. The van der Waals surface area contributed by atoms with Crippen LogP contribution in [-0.2, 0) is 12.8 Å². The molecule has 3 heterocycles. The van der Waals surface area contributed by atoms with Crippen molar-refractivity contribution in [2.75, 3.05) is 7.11 Å². The largest absolute Gasteiger partial charge is 0.497 e. The number of benzene rings is 1. The topological polar surface area (TPSA) is 66.0 Å². The molecule has 0 aliphatic carbocycles. The van der Waals surface area contributed by atoms with Gasteiger partial charge < -0.3 is 13.7 Å². The van der Waals surface area contributed by atoms with Gasteiger partial charge in [-0.2, -0.15) is 0 Å². The SMILES string of the molecule is COc1ccc(-c2nnc(SCc3nc(-c4cccs4)oc3C)n2C)cc1. The zero-order valence-electron chi connectivity index (χ0n) is 15.2. The summed E-state index contributed by atoms with van der Waals surface area (Å²) in [4.78, 5) is 5.67. The third-order valence-corrected chi connectivity index (χ3v) is 6.04. The van der Waals surface area contributed by atoms with Crippen LogP contribution < -0.4 is 4.74 Å². The van der Waals surface area contributed by atoms with E-state index in [1.54, 1.807) is 30.2 Å². The van der Waals surface area contributed by atoms with E-state index in [2.05, 4.69) is 15.2 Å². The first-order valence-corrected chi connectivity index (χ1v) is 10.2. The molecule has 3 aromatic heterocycles. The van der Waals surface area contributed by atoms with Gasteiger partial charge in [-0.3, -0.25) is 0 Å². The Morgan fingerprint density at radius 1 is 1.19 bits per heavy atom. The fraction of sp³-hybridized carbons (Fsp3) is 0.211. The summed E-state index contributed by atoms with van der Waals surface area (Å²) in [6.07, 6.45) is 0. The number of aryl methyl sites for hydroxylation is 1. The zero-order chi connectivity index (χ0) is 18.8. The summed E-state index contributed by atoms with van der Waals surface area (Å²) in [5, 5.41) is 11.5. The van der Waals surface area contributed by atoms with Gasteiger partial charge in [0.2, 0.25) is 5.89 Å². The Labute approximate surface area is 165 Å². The van der Waals surface area contributed by atoms with E-state index < -0.39 is 0 Å². The molecule has 0 N–H and O–H groups in total. The standard InChI is InChI=1S/C19H18N4O2S2/c1-12-15(20-18(25-12)16-5-4-10-26-16)11-27-19-22-21-17(23(19)2)13-6-8-14(24-3)9-7-13/h4-10H,11H2,1-3H3. The van der Waals surface area contributed by atoms with Crippen LogP contribution in [0, 0.1) is 6.92 Å². The Kier molecular flexibility index (Phi) is 5.00. The highest BCUT2D eigenvalue weighted by molar-refractivity contribution is 7.98. The van der Waals surface area contributed by atoms with Crippen LogP contribution in [0.1, 0.15) is 11.5 Å². The summed E-state index contributed by atoms with van der Waals surface area (Å²) < 4.78 is 13.0. The first kappa shape index (κ1) is 17.8. The van der Waals surface area contributed by atoms with Crippen molar-refractivity contribution in [3.63, 3.8) is 0 Å². The number of thiophene rings is 1. The molecule has 0 atom stereocenters. The molecule has 27 heavy (non-hydrogen) atoms. The van der Waals surface area contributed by atoms with Crippen molar-refractivity contribution >= 4 is 23.1 Å². The van der Waals surface area contributed by atoms with Gasteiger partial charge in [-0.15, -0.1) is 21.5 Å². The average Bonchev–Trinajstić information content (AvgIpc) is 3.41. The van der Waals surface area contributed by atoms with Crippen LogP contribution >= 0.6 is 23.1 Å². The summed E-state index contributed by atoms with van der Waals surface area (Å²) in [5.41, 5.74) is 1.92. The van der Waals surface area contributed by atoms with E-state index in [0.29, 0.717) is 11.6 Å². The van der Waals surface area contributed by atoms with Crippen molar-refractivity contribution < 1.29 is 9.15 Å². The molecule has 1 aromatic carbocycles. The smallest absolute Gasteiger partial charge is 0.236 e. The van der Waals surface area contributed by atoms with Crippen LogP contribution in [0.3, 0.4) is 0 Å². The normalized spacial score (nSPS) is 11.1. The quantitative estimate of drug-likeness (QED) is 0.434. The van der Waals surface area contributed by atoms with E-state index in [9.17, 15) is 0 Å². The molecule has 0 amide bonds. The molecule has 0 aliphatic rings. The Balaban J connectivity index is 1.50. The van der Waals surface area contributed by atoms with Crippen LogP contribution in [0.2, 0.25) is 0 Å². The van der Waals surface area contributed by atoms with Crippen molar-refractivity contribution in [3.8, 4) is 27.9 Å². The Bertz CT molecular complexity index is 1040. The molecule has 0 unspecified atom stereocenters. The van der Waals surface area contributed by atoms with Gasteiger partial charge in [-0.1, -0.05) is 17.8 Å². The van der Waals surface area contributed by atoms with Gasteiger partial charge in [0.1, 0.15) is 11.5 Å². The average molecular weight is 399 g/mol. The van der Waals surface area contributed by atoms with E-state index in [0.717, 1.165) is 38.6 Å². The number of thioether (sulfide) groups is 1. The van der Waals surface area contributed by atoms with Gasteiger partial charge in [0.25, 0.3) is 0 Å². The van der Waals surface area contributed by atoms with E-state index in [1.807, 2.05) is 60.3 Å². The highest BCUT2D eigenvalue weighted by atomic mass is 32.2. The summed E-state index contributed by atoms with van der Waals surface area (Å²) in [6.45, 7) is 1.94. The predicted molar refractivity (Wildman–Crippen MR) is 107 cm³/mol. The summed E-state index contributed by atoms with van der Waals surface area (Å²) in [7, 11) is 3.62. The number of hydrogen-bond acceptors (Lipinski definition) is 7. The van der Waals surface area contributed by atoms with Crippen LogP contribution in [0.5, 0.6) is 5.75 Å². The van der Waals surface area contributed by atoms with Crippen molar-refractivity contribution in [3.05, 3.63) is 53.2 Å². The van der Waals surface area contributed by atoms with Crippen LogP contribution in [0.4, 0.5) is 0 Å². The number of oxazole rings is 1. The second-order valence-corrected chi connectivity index (χ2v) is 7.77. The molecule has 138 valence electrons. The second kappa shape index (κ2) is 7.58. The van der Waals surface area contributed by atoms with E-state index in [4.69, 9.17) is 9.15 Å². The second-order valence-electron chi connectivity index (χ2n) is 5.88. The van der Waals surface area contributed by atoms with Crippen LogP contribution in [-0.4, -0.2) is 26.9 Å². The summed E-state index contributed by atoms with van der Waals surface area (Å²) in [6, 6.07) is 11.8. The minimum absolute atomic E-state index is 0.676. The lowest BCUT2D eigenvalue weighted by Crippen LogP contribution is -1.95. The maximum absolute atomic E-state index is 5.81. The molecule has 0 fully saturated rings. The lowest BCUT2D eigenvalue weighted by atomic mass is 10.2. The molecule has 0 spiro atoms. The molecule has 0 radical (unpaired) electrons. The number of ether oxygens (including phenoxy) is 1. The van der Waals surface area contributed by atoms with Crippen LogP contribution in [0.25, 0.3) is 22.2 Å². The van der Waals surface area contributed by atoms with E-state index in [1.165, 1.54) is 0 Å². The molecule has 4 aromatic rings. The van der Waals surface area contributed by atoms with Crippen molar-refractivity contribution in [1.82, 2.24) is 19.7 Å². The summed E-state index contributed by atoms with van der Waals surface area (Å²) >= 11 is 3.21. The molecule has 6 nitrogen and oxygen atoms in total. The van der Waals surface area contributed by atoms with Gasteiger partial charge in [-0.05, 0) is 42.6 Å². The van der Waals surface area contributed by atoms with Gasteiger partial charge in [0, 0.05) is 18.4 Å². The lowest BCUT2D eigenvalue weighted by molar-refractivity contribution is 0.415. The van der Waals surface area contributed by atoms with E-state index >= 15 is 0 Å². The van der Waals surface area contributed by atoms with Gasteiger partial charge in [0.15, 0.2) is 11.0 Å². The van der Waals surface area contributed by atoms with Crippen molar-refractivity contribution in [2.45, 2.75) is 17.8 Å². The Morgan fingerprint density at radius 3 is 2.70 bits per heavy atom. The predicted octanol–water partition coefficient (Wildman–Crippen LogP) is 4.81. The monoisotopic (exact) mass is 398 g/mol. The third kappa shape index (κ3) is 3.63. The fourth-order valence-electron chi connectivity index (χ4n) is 2.63. The van der Waals surface area contributed by atoms with Gasteiger partial charge >= 0.3 is 0 Å². The van der Waals surface area contributed by atoms with E-state index in [-0.39, 0.29) is 0 Å². The molecular formula is C19H18N4O2S2. The molecule has 0 aliphatic heterocycles. The molecule has 8 heteroatoms. The molecule has 0 saturated heterocycles. The van der Waals surface area contributed by atoms with Crippen molar-refractivity contribution in [1.29, 1.82) is 0 Å². The fourth-order valence-corrected chi connectivity index (χ4v) is 4.19. The maximum Gasteiger partial charge on any atom is 0.236 e. The molecule has 0 bridgehead atoms. The van der Waals surface area contributed by atoms with Gasteiger partial charge in [0.05, 0.1) is 17.7 Å². The minimum atomic E-state index is 0.676. The van der Waals surface area contributed by atoms with Gasteiger partial charge in [-0.25, -0.2) is 4.98 Å². The first-order chi connectivity index (χ1) is 13.2. The number of rotatable bonds is 6. The minimum Gasteiger partial charge on any atom is -0.497 e. The highest BCUT2D eigenvalue weighted by Gasteiger charge is 2.15. The molecule has 0 saturated carbocycles. The lowest BCUT2D eigenvalue weighted by Gasteiger charge is -2.04.